The highest BCUT2D eigenvalue weighted by atomic mass is 35.5. The van der Waals surface area contributed by atoms with E-state index in [1.165, 1.54) is 12.1 Å². The Kier molecular flexibility index (Phi) is 6.17. The number of phenolic OH excluding ortho intramolecular Hbond substituents is 2. The molecule has 0 amide bonds. The lowest BCUT2D eigenvalue weighted by Crippen LogP contribution is -2.27. The number of rotatable bonds is 4. The summed E-state index contributed by atoms with van der Waals surface area (Å²) in [6.45, 7) is 0. The molecule has 4 nitrogen and oxygen atoms in total. The Morgan fingerprint density at radius 2 is 1.19 bits per heavy atom. The molecular weight excluding hydrogens is 371 g/mol. The van der Waals surface area contributed by atoms with Gasteiger partial charge in [0.1, 0.15) is 11.5 Å². The summed E-state index contributed by atoms with van der Waals surface area (Å²) >= 11 is 11.7. The summed E-state index contributed by atoms with van der Waals surface area (Å²) in [5, 5.41) is 20.9. The number of nitrogens with zero attached hydrogens (tertiary/aromatic N) is 2. The van der Waals surface area contributed by atoms with Gasteiger partial charge in [0.25, 0.3) is 0 Å². The summed E-state index contributed by atoms with van der Waals surface area (Å²) in [6.07, 6.45) is 7.46. The third-order valence-corrected chi connectivity index (χ3v) is 4.96. The average molecular weight is 391 g/mol. The van der Waals surface area contributed by atoms with E-state index in [1.807, 2.05) is 0 Å². The van der Waals surface area contributed by atoms with Crippen LogP contribution < -0.4 is 0 Å². The van der Waals surface area contributed by atoms with Crippen LogP contribution in [0.1, 0.15) is 36.8 Å². The monoisotopic (exact) mass is 390 g/mol. The van der Waals surface area contributed by atoms with Crippen molar-refractivity contribution in [2.24, 2.45) is 9.98 Å². The summed E-state index contributed by atoms with van der Waals surface area (Å²) in [5.74, 6) is 0.228. The molecular formula is C20H20Cl2N2O2. The van der Waals surface area contributed by atoms with Crippen molar-refractivity contribution in [2.45, 2.75) is 37.8 Å². The van der Waals surface area contributed by atoms with E-state index in [0.717, 1.165) is 25.7 Å². The van der Waals surface area contributed by atoms with E-state index in [4.69, 9.17) is 23.2 Å². The van der Waals surface area contributed by atoms with Crippen molar-refractivity contribution in [1.82, 2.24) is 0 Å². The first-order chi connectivity index (χ1) is 12.5. The minimum absolute atomic E-state index is 0.0459. The Morgan fingerprint density at radius 3 is 1.58 bits per heavy atom. The molecule has 0 bridgehead atoms. The van der Waals surface area contributed by atoms with Crippen molar-refractivity contribution >= 4 is 35.6 Å². The van der Waals surface area contributed by atoms with Crippen molar-refractivity contribution in [1.29, 1.82) is 0 Å². The normalized spacial score (nSPS) is 20.8. The van der Waals surface area contributed by atoms with Crippen molar-refractivity contribution < 1.29 is 10.2 Å². The van der Waals surface area contributed by atoms with Crippen LogP contribution >= 0.6 is 23.2 Å². The number of hydrogen-bond acceptors (Lipinski definition) is 4. The third-order valence-electron chi connectivity index (χ3n) is 4.49. The fourth-order valence-corrected chi connectivity index (χ4v) is 3.38. The van der Waals surface area contributed by atoms with Gasteiger partial charge in [-0.2, -0.15) is 0 Å². The van der Waals surface area contributed by atoms with Crippen molar-refractivity contribution in [3.05, 3.63) is 57.6 Å². The van der Waals surface area contributed by atoms with Gasteiger partial charge in [0.15, 0.2) is 0 Å². The van der Waals surface area contributed by atoms with E-state index < -0.39 is 0 Å². The SMILES string of the molecule is Oc1cc(Cl)ccc1C=NC1CCCC[C@@H]1N=Cc1ccc(Cl)cc1O. The van der Waals surface area contributed by atoms with Gasteiger partial charge < -0.3 is 10.2 Å². The summed E-state index contributed by atoms with van der Waals surface area (Å²) in [6, 6.07) is 10.0. The van der Waals surface area contributed by atoms with Crippen LogP contribution in [0.25, 0.3) is 0 Å². The number of hydrogen-bond donors (Lipinski definition) is 2. The second-order valence-corrected chi connectivity index (χ2v) is 7.25. The maximum Gasteiger partial charge on any atom is 0.125 e. The van der Waals surface area contributed by atoms with Gasteiger partial charge in [-0.05, 0) is 49.2 Å². The molecule has 0 radical (unpaired) electrons. The van der Waals surface area contributed by atoms with Crippen LogP contribution in [0.15, 0.2) is 46.4 Å². The molecule has 0 aromatic heterocycles. The number of halogens is 2. The molecule has 136 valence electrons. The second-order valence-electron chi connectivity index (χ2n) is 6.38. The standard InChI is InChI=1S/C20H20Cl2N2O2/c21-15-7-5-13(19(25)9-15)11-23-17-3-1-2-4-18(17)24-12-14-6-8-16(22)10-20(14)26/h5-12,17-18,25-26H,1-4H2/t17-,18?/m0/s1. The zero-order chi connectivity index (χ0) is 18.5. The lowest BCUT2D eigenvalue weighted by molar-refractivity contribution is 0.390. The van der Waals surface area contributed by atoms with Crippen molar-refractivity contribution in [3.63, 3.8) is 0 Å². The highest BCUT2D eigenvalue weighted by Crippen LogP contribution is 2.26. The first kappa shape index (κ1) is 18.7. The Balaban J connectivity index is 1.75. The van der Waals surface area contributed by atoms with E-state index in [0.29, 0.717) is 21.2 Å². The maximum absolute atomic E-state index is 9.95. The van der Waals surface area contributed by atoms with Gasteiger partial charge in [-0.3, -0.25) is 9.98 Å². The predicted octanol–water partition coefficient (Wildman–Crippen LogP) is 5.25. The van der Waals surface area contributed by atoms with Gasteiger partial charge >= 0.3 is 0 Å². The minimum Gasteiger partial charge on any atom is -0.507 e. The molecule has 0 aliphatic heterocycles. The molecule has 1 fully saturated rings. The number of benzene rings is 2. The summed E-state index contributed by atoms with van der Waals surface area (Å²) in [5.41, 5.74) is 1.27. The first-order valence-corrected chi connectivity index (χ1v) is 9.32. The molecule has 3 rings (SSSR count). The van der Waals surface area contributed by atoms with Crippen LogP contribution in [0, 0.1) is 0 Å². The summed E-state index contributed by atoms with van der Waals surface area (Å²) in [4.78, 5) is 9.30. The quantitative estimate of drug-likeness (QED) is 0.699. The molecule has 0 spiro atoms. The molecule has 0 heterocycles. The molecule has 2 aromatic carbocycles. The molecule has 1 saturated carbocycles. The number of phenols is 2. The molecule has 2 N–H and O–H groups in total. The molecule has 2 aromatic rings. The van der Waals surface area contributed by atoms with Crippen LogP contribution in [0.3, 0.4) is 0 Å². The minimum atomic E-state index is 0.0459. The third kappa shape index (κ3) is 4.77. The predicted molar refractivity (Wildman–Crippen MR) is 107 cm³/mol. The fourth-order valence-electron chi connectivity index (χ4n) is 3.04. The zero-order valence-corrected chi connectivity index (χ0v) is 15.7. The molecule has 26 heavy (non-hydrogen) atoms. The van der Waals surface area contributed by atoms with Gasteiger partial charge in [-0.15, -0.1) is 0 Å². The van der Waals surface area contributed by atoms with E-state index >= 15 is 0 Å². The fraction of sp³-hybridized carbons (Fsp3) is 0.300. The highest BCUT2D eigenvalue weighted by molar-refractivity contribution is 6.31. The van der Waals surface area contributed by atoms with Gasteiger partial charge in [0.2, 0.25) is 0 Å². The lowest BCUT2D eigenvalue weighted by atomic mass is 9.91. The average Bonchev–Trinajstić information content (AvgIpc) is 2.61. The van der Waals surface area contributed by atoms with Crippen LogP contribution in [0.5, 0.6) is 11.5 Å². The summed E-state index contributed by atoms with van der Waals surface area (Å²) < 4.78 is 0. The van der Waals surface area contributed by atoms with Gasteiger partial charge in [0, 0.05) is 33.6 Å². The Bertz CT molecular complexity index is 767. The summed E-state index contributed by atoms with van der Waals surface area (Å²) in [7, 11) is 0. The molecule has 1 aliphatic rings. The Morgan fingerprint density at radius 1 is 0.769 bits per heavy atom. The molecule has 1 aliphatic carbocycles. The van der Waals surface area contributed by atoms with Gasteiger partial charge in [-0.25, -0.2) is 0 Å². The number of aromatic hydroxyl groups is 2. The first-order valence-electron chi connectivity index (χ1n) is 8.56. The van der Waals surface area contributed by atoms with E-state index in [-0.39, 0.29) is 23.6 Å². The van der Waals surface area contributed by atoms with E-state index in [9.17, 15) is 10.2 Å². The molecule has 6 heteroatoms. The topological polar surface area (TPSA) is 65.2 Å². The van der Waals surface area contributed by atoms with Crippen molar-refractivity contribution in [2.75, 3.05) is 0 Å². The van der Waals surface area contributed by atoms with Crippen LogP contribution in [0.4, 0.5) is 0 Å². The van der Waals surface area contributed by atoms with Crippen LogP contribution in [-0.4, -0.2) is 34.7 Å². The van der Waals surface area contributed by atoms with Gasteiger partial charge in [0.05, 0.1) is 12.1 Å². The van der Waals surface area contributed by atoms with Gasteiger partial charge in [-0.1, -0.05) is 36.0 Å². The molecule has 1 unspecified atom stereocenters. The molecule has 2 atom stereocenters. The highest BCUT2D eigenvalue weighted by Gasteiger charge is 2.23. The van der Waals surface area contributed by atoms with Crippen molar-refractivity contribution in [3.8, 4) is 11.5 Å². The number of aliphatic imine (C=N–C) groups is 2. The van der Waals surface area contributed by atoms with E-state index in [1.54, 1.807) is 36.7 Å². The van der Waals surface area contributed by atoms with Crippen LogP contribution in [-0.2, 0) is 0 Å². The second kappa shape index (κ2) is 8.56. The Hall–Kier alpha value is -2.04. The lowest BCUT2D eigenvalue weighted by Gasteiger charge is -2.25. The maximum atomic E-state index is 9.95. The smallest absolute Gasteiger partial charge is 0.125 e. The van der Waals surface area contributed by atoms with Crippen LogP contribution in [0.2, 0.25) is 10.0 Å². The largest absolute Gasteiger partial charge is 0.507 e. The Labute approximate surface area is 162 Å². The van der Waals surface area contributed by atoms with E-state index in [2.05, 4.69) is 9.98 Å². The zero-order valence-electron chi connectivity index (χ0n) is 14.1. The molecule has 0 saturated heterocycles.